The van der Waals surface area contributed by atoms with Crippen molar-refractivity contribution in [2.75, 3.05) is 13.1 Å². The highest BCUT2D eigenvalue weighted by Crippen LogP contribution is 2.24. The van der Waals surface area contributed by atoms with Crippen LogP contribution in [0.15, 0.2) is 36.4 Å². The first-order valence-corrected chi connectivity index (χ1v) is 11.4. The minimum atomic E-state index is -0.981. The van der Waals surface area contributed by atoms with Crippen LogP contribution in [0.5, 0.6) is 0 Å². The van der Waals surface area contributed by atoms with Gasteiger partial charge in [0.05, 0.1) is 12.1 Å². The molecule has 180 valence electrons. The van der Waals surface area contributed by atoms with Crippen molar-refractivity contribution < 1.29 is 23.5 Å². The van der Waals surface area contributed by atoms with Gasteiger partial charge in [0.2, 0.25) is 0 Å². The second kappa shape index (κ2) is 11.9. The second-order valence-electron chi connectivity index (χ2n) is 8.61. The molecule has 0 radical (unpaired) electrons. The number of benzene rings is 2. The van der Waals surface area contributed by atoms with Crippen LogP contribution in [0.3, 0.4) is 0 Å². The number of nitrogens with one attached hydrogen (secondary N) is 1. The number of carbonyl (C=O) groups excluding carboxylic acids is 2. The predicted octanol–water partition coefficient (Wildman–Crippen LogP) is 4.82. The van der Waals surface area contributed by atoms with Gasteiger partial charge in [-0.25, -0.2) is 8.78 Å². The summed E-state index contributed by atoms with van der Waals surface area (Å²) < 4.78 is 27.4. The van der Waals surface area contributed by atoms with E-state index in [1.165, 1.54) is 19.1 Å². The molecule has 0 aromatic heterocycles. The molecule has 0 aliphatic heterocycles. The molecule has 0 saturated carbocycles. The summed E-state index contributed by atoms with van der Waals surface area (Å²) in [6.07, 6.45) is 0.685. The van der Waals surface area contributed by atoms with Crippen LogP contribution in [0.4, 0.5) is 8.78 Å². The summed E-state index contributed by atoms with van der Waals surface area (Å²) in [5.41, 5.74) is 1.80. The molecule has 0 aliphatic carbocycles. The smallest absolute Gasteiger partial charge is 0.253 e. The van der Waals surface area contributed by atoms with Crippen LogP contribution < -0.4 is 5.32 Å². The number of carbonyl (C=O) groups is 2. The van der Waals surface area contributed by atoms with Gasteiger partial charge in [-0.1, -0.05) is 20.8 Å². The number of hydrogen-bond acceptors (Lipinski definition) is 3. The molecule has 3 atom stereocenters. The topological polar surface area (TPSA) is 69.6 Å². The number of aliphatic hydroxyl groups excluding tert-OH is 1. The molecule has 1 unspecified atom stereocenters. The molecular weight excluding hydrogens is 426 g/mol. The van der Waals surface area contributed by atoms with Crippen molar-refractivity contribution >= 4 is 11.8 Å². The van der Waals surface area contributed by atoms with Crippen LogP contribution in [0, 0.1) is 18.6 Å². The van der Waals surface area contributed by atoms with Crippen molar-refractivity contribution in [1.29, 1.82) is 0 Å². The molecule has 0 bridgehead atoms. The molecular formula is C26H34F2N2O3. The predicted molar refractivity (Wildman–Crippen MR) is 125 cm³/mol. The van der Waals surface area contributed by atoms with Crippen LogP contribution in [0.2, 0.25) is 0 Å². The molecule has 7 heteroatoms. The molecule has 5 nitrogen and oxygen atoms in total. The van der Waals surface area contributed by atoms with Crippen LogP contribution in [-0.2, 0) is 0 Å². The van der Waals surface area contributed by atoms with E-state index in [1.807, 2.05) is 20.8 Å². The van der Waals surface area contributed by atoms with E-state index in [0.717, 1.165) is 24.5 Å². The van der Waals surface area contributed by atoms with Crippen molar-refractivity contribution in [3.63, 3.8) is 0 Å². The van der Waals surface area contributed by atoms with Gasteiger partial charge in [0.1, 0.15) is 11.6 Å². The standard InChI is InChI=1S/C26H34F2N2O3/c1-6-8-30(9-7-2)26(33)21-11-16(3)10-20(12-21)25(32)29-24(18(5)31)17(4)19-13-22(27)15-23(28)14-19/h10-15,17-18,24,31H,6-9H2,1-5H3,(H,29,32)/t17?,18-,24+/m1/s1. The van der Waals surface area contributed by atoms with E-state index in [4.69, 9.17) is 0 Å². The second-order valence-corrected chi connectivity index (χ2v) is 8.61. The quantitative estimate of drug-likeness (QED) is 0.534. The van der Waals surface area contributed by atoms with E-state index < -0.39 is 35.6 Å². The van der Waals surface area contributed by atoms with Gasteiger partial charge in [-0.3, -0.25) is 9.59 Å². The summed E-state index contributed by atoms with van der Waals surface area (Å²) in [6, 6.07) is 7.33. The van der Waals surface area contributed by atoms with Crippen LogP contribution in [0.1, 0.15) is 78.3 Å². The van der Waals surface area contributed by atoms with Gasteiger partial charge in [-0.2, -0.15) is 0 Å². The lowest BCUT2D eigenvalue weighted by atomic mass is 9.89. The van der Waals surface area contributed by atoms with Crippen LogP contribution >= 0.6 is 0 Å². The Morgan fingerprint density at radius 3 is 2.00 bits per heavy atom. The highest BCUT2D eigenvalue weighted by Gasteiger charge is 2.27. The Labute approximate surface area is 194 Å². The zero-order chi connectivity index (χ0) is 24.7. The SMILES string of the molecule is CCCN(CCC)C(=O)c1cc(C)cc(C(=O)N[C@@H](C(C)c2cc(F)cc(F)c2)[C@@H](C)O)c1. The van der Waals surface area contributed by atoms with E-state index in [0.29, 0.717) is 24.2 Å². The Balaban J connectivity index is 2.30. The monoisotopic (exact) mass is 460 g/mol. The van der Waals surface area contributed by atoms with E-state index in [9.17, 15) is 23.5 Å². The maximum absolute atomic E-state index is 13.7. The maximum atomic E-state index is 13.7. The number of rotatable bonds is 10. The largest absolute Gasteiger partial charge is 0.391 e. The third-order valence-electron chi connectivity index (χ3n) is 5.63. The average Bonchev–Trinajstić information content (AvgIpc) is 2.74. The zero-order valence-electron chi connectivity index (χ0n) is 20.0. The van der Waals surface area contributed by atoms with Crippen molar-refractivity contribution in [2.45, 2.75) is 65.5 Å². The minimum absolute atomic E-state index is 0.132. The normalized spacial score (nSPS) is 13.8. The van der Waals surface area contributed by atoms with Gasteiger partial charge in [0.15, 0.2) is 0 Å². The van der Waals surface area contributed by atoms with Crippen molar-refractivity contribution in [2.24, 2.45) is 0 Å². The Morgan fingerprint density at radius 2 is 1.48 bits per heavy atom. The summed E-state index contributed by atoms with van der Waals surface area (Å²) in [5.74, 6) is -2.61. The molecule has 0 aliphatic rings. The van der Waals surface area contributed by atoms with Gasteiger partial charge in [-0.05, 0) is 68.1 Å². The van der Waals surface area contributed by atoms with Crippen LogP contribution in [-0.4, -0.2) is 47.1 Å². The first-order chi connectivity index (χ1) is 15.6. The van der Waals surface area contributed by atoms with E-state index in [-0.39, 0.29) is 11.5 Å². The molecule has 2 aromatic rings. The van der Waals surface area contributed by atoms with Gasteiger partial charge in [0.25, 0.3) is 11.8 Å². The van der Waals surface area contributed by atoms with E-state index in [2.05, 4.69) is 5.32 Å². The molecule has 2 amide bonds. The molecule has 0 fully saturated rings. The molecule has 2 N–H and O–H groups in total. The number of aliphatic hydroxyl groups is 1. The summed E-state index contributed by atoms with van der Waals surface area (Å²) in [6.45, 7) is 10.3. The Kier molecular flexibility index (Phi) is 9.53. The Morgan fingerprint density at radius 1 is 0.939 bits per heavy atom. The fraction of sp³-hybridized carbons (Fsp3) is 0.462. The highest BCUT2D eigenvalue weighted by molar-refractivity contribution is 6.00. The summed E-state index contributed by atoms with van der Waals surface area (Å²) in [7, 11) is 0. The lowest BCUT2D eigenvalue weighted by Gasteiger charge is -2.28. The van der Waals surface area contributed by atoms with Crippen molar-refractivity contribution in [3.05, 3.63) is 70.3 Å². The average molecular weight is 461 g/mol. The van der Waals surface area contributed by atoms with Crippen LogP contribution in [0.25, 0.3) is 0 Å². The van der Waals surface area contributed by atoms with Crippen molar-refractivity contribution in [3.8, 4) is 0 Å². The molecule has 0 spiro atoms. The third-order valence-corrected chi connectivity index (χ3v) is 5.63. The number of amides is 2. The summed E-state index contributed by atoms with van der Waals surface area (Å²) >= 11 is 0. The fourth-order valence-electron chi connectivity index (χ4n) is 4.02. The first kappa shape index (κ1) is 26.5. The molecule has 0 heterocycles. The summed E-state index contributed by atoms with van der Waals surface area (Å²) in [5, 5.41) is 13.1. The molecule has 2 rings (SSSR count). The number of aryl methyl sites for hydroxylation is 1. The summed E-state index contributed by atoms with van der Waals surface area (Å²) in [4.78, 5) is 27.9. The maximum Gasteiger partial charge on any atom is 0.253 e. The highest BCUT2D eigenvalue weighted by atomic mass is 19.1. The van der Waals surface area contributed by atoms with Gasteiger partial charge in [0, 0.05) is 36.2 Å². The number of hydrogen-bond donors (Lipinski definition) is 2. The number of halogens is 2. The van der Waals surface area contributed by atoms with E-state index in [1.54, 1.807) is 30.0 Å². The molecule has 0 saturated heterocycles. The van der Waals surface area contributed by atoms with E-state index >= 15 is 0 Å². The first-order valence-electron chi connectivity index (χ1n) is 11.4. The zero-order valence-corrected chi connectivity index (χ0v) is 20.0. The van der Waals surface area contributed by atoms with Crippen molar-refractivity contribution in [1.82, 2.24) is 10.2 Å². The molecule has 33 heavy (non-hydrogen) atoms. The third kappa shape index (κ3) is 7.09. The molecule has 2 aromatic carbocycles. The minimum Gasteiger partial charge on any atom is -0.391 e. The van der Waals surface area contributed by atoms with Gasteiger partial charge >= 0.3 is 0 Å². The Hall–Kier alpha value is -2.80. The van der Waals surface area contributed by atoms with Gasteiger partial charge < -0.3 is 15.3 Å². The van der Waals surface area contributed by atoms with Gasteiger partial charge in [-0.15, -0.1) is 0 Å². The number of nitrogens with zero attached hydrogens (tertiary/aromatic N) is 1. The Bertz CT molecular complexity index is 952. The lowest BCUT2D eigenvalue weighted by Crippen LogP contribution is -2.45. The fourth-order valence-corrected chi connectivity index (χ4v) is 4.02. The lowest BCUT2D eigenvalue weighted by molar-refractivity contribution is 0.0755.